The maximum absolute atomic E-state index is 13.0. The molecule has 3 aromatic carbocycles. The summed E-state index contributed by atoms with van der Waals surface area (Å²) in [4.78, 5) is 0.130. The summed E-state index contributed by atoms with van der Waals surface area (Å²) in [5.74, 6) is 0. The van der Waals surface area contributed by atoms with E-state index in [1.165, 1.54) is 5.56 Å². The average molecular weight is 482 g/mol. The Bertz CT molecular complexity index is 1390. The SMILES string of the molecule is CCc1ccc(-c2cc3ccc(Br)cc3o/c2=N\S(=O)(=O)c2ccc(C)cc2)cc1. The molecule has 0 atom stereocenters. The summed E-state index contributed by atoms with van der Waals surface area (Å²) in [5, 5.41) is 0.861. The normalized spacial score (nSPS) is 12.4. The van der Waals surface area contributed by atoms with E-state index in [9.17, 15) is 8.42 Å². The maximum atomic E-state index is 13.0. The molecule has 0 aliphatic rings. The average Bonchev–Trinajstić information content (AvgIpc) is 2.73. The topological polar surface area (TPSA) is 59.6 Å². The molecule has 152 valence electrons. The van der Waals surface area contributed by atoms with Gasteiger partial charge in [-0.1, -0.05) is 70.9 Å². The fourth-order valence-corrected chi connectivity index (χ4v) is 4.44. The molecule has 4 nitrogen and oxygen atoms in total. The molecule has 0 N–H and O–H groups in total. The number of rotatable bonds is 4. The van der Waals surface area contributed by atoms with Crippen molar-refractivity contribution in [2.45, 2.75) is 25.2 Å². The van der Waals surface area contributed by atoms with Crippen LogP contribution in [0.5, 0.6) is 0 Å². The zero-order chi connectivity index (χ0) is 21.3. The lowest BCUT2D eigenvalue weighted by molar-refractivity contribution is 0.543. The van der Waals surface area contributed by atoms with Crippen molar-refractivity contribution in [3.63, 3.8) is 0 Å². The van der Waals surface area contributed by atoms with Gasteiger partial charge in [0, 0.05) is 15.4 Å². The first-order valence-corrected chi connectivity index (χ1v) is 11.8. The third-order valence-electron chi connectivity index (χ3n) is 4.91. The largest absolute Gasteiger partial charge is 0.437 e. The van der Waals surface area contributed by atoms with Gasteiger partial charge in [0.15, 0.2) is 0 Å². The molecule has 30 heavy (non-hydrogen) atoms. The number of hydrogen-bond donors (Lipinski definition) is 0. The summed E-state index contributed by atoms with van der Waals surface area (Å²) in [6.07, 6.45) is 0.926. The first-order valence-electron chi connectivity index (χ1n) is 9.56. The predicted molar refractivity (Wildman–Crippen MR) is 123 cm³/mol. The van der Waals surface area contributed by atoms with Gasteiger partial charge in [-0.05, 0) is 54.8 Å². The van der Waals surface area contributed by atoms with Crippen molar-refractivity contribution in [2.24, 2.45) is 4.40 Å². The number of sulfonamides is 1. The van der Waals surface area contributed by atoms with E-state index < -0.39 is 10.0 Å². The van der Waals surface area contributed by atoms with Gasteiger partial charge in [-0.25, -0.2) is 0 Å². The van der Waals surface area contributed by atoms with Crippen LogP contribution in [0.3, 0.4) is 0 Å². The van der Waals surface area contributed by atoms with Crippen LogP contribution in [-0.4, -0.2) is 8.42 Å². The zero-order valence-electron chi connectivity index (χ0n) is 16.6. The van der Waals surface area contributed by atoms with Gasteiger partial charge in [0.1, 0.15) is 5.58 Å². The zero-order valence-corrected chi connectivity index (χ0v) is 19.0. The number of hydrogen-bond acceptors (Lipinski definition) is 3. The van der Waals surface area contributed by atoms with Crippen LogP contribution in [0.4, 0.5) is 0 Å². The molecule has 1 aromatic heterocycles. The van der Waals surface area contributed by atoms with Crippen molar-refractivity contribution in [2.75, 3.05) is 0 Å². The Balaban J connectivity index is 1.98. The quantitative estimate of drug-likeness (QED) is 0.357. The standard InChI is InChI=1S/C24H20BrNO3S/c1-3-17-6-8-18(9-7-17)22-14-19-10-11-20(25)15-23(19)29-24(22)26-30(27,28)21-12-4-16(2)5-13-21/h4-15H,3H2,1-2H3/b26-24-. The van der Waals surface area contributed by atoms with Crippen LogP contribution < -0.4 is 5.55 Å². The molecule has 0 fully saturated rings. The summed E-state index contributed by atoms with van der Waals surface area (Å²) in [5.41, 5.74) is 4.26. The lowest BCUT2D eigenvalue weighted by Crippen LogP contribution is -2.11. The van der Waals surface area contributed by atoms with Gasteiger partial charge in [-0.2, -0.15) is 8.42 Å². The van der Waals surface area contributed by atoms with Crippen LogP contribution in [0.2, 0.25) is 0 Å². The second-order valence-electron chi connectivity index (χ2n) is 7.08. The molecule has 0 spiro atoms. The van der Waals surface area contributed by atoms with Crippen molar-refractivity contribution in [1.82, 2.24) is 0 Å². The maximum Gasteiger partial charge on any atom is 0.285 e. The van der Waals surface area contributed by atoms with Crippen LogP contribution in [0, 0.1) is 6.92 Å². The van der Waals surface area contributed by atoms with Gasteiger partial charge >= 0.3 is 0 Å². The molecule has 6 heteroatoms. The van der Waals surface area contributed by atoms with Crippen LogP contribution in [0.15, 0.2) is 91.0 Å². The Morgan fingerprint density at radius 2 is 1.63 bits per heavy atom. The highest BCUT2D eigenvalue weighted by Gasteiger charge is 2.15. The van der Waals surface area contributed by atoms with Gasteiger partial charge in [-0.15, -0.1) is 4.40 Å². The van der Waals surface area contributed by atoms with Crippen molar-refractivity contribution < 1.29 is 12.8 Å². The fraction of sp³-hybridized carbons (Fsp3) is 0.125. The number of benzene rings is 3. The summed E-state index contributed by atoms with van der Waals surface area (Å²) >= 11 is 3.43. The number of halogens is 1. The summed E-state index contributed by atoms with van der Waals surface area (Å²) in [6.45, 7) is 4.00. The van der Waals surface area contributed by atoms with Crippen molar-refractivity contribution in [3.8, 4) is 11.1 Å². The van der Waals surface area contributed by atoms with E-state index >= 15 is 0 Å². The Kier molecular flexibility index (Phi) is 5.62. The Morgan fingerprint density at radius 1 is 0.933 bits per heavy atom. The molecule has 0 unspecified atom stereocenters. The van der Waals surface area contributed by atoms with E-state index in [1.54, 1.807) is 30.3 Å². The second kappa shape index (κ2) is 8.20. The highest BCUT2D eigenvalue weighted by molar-refractivity contribution is 9.10. The number of nitrogens with zero attached hydrogens (tertiary/aromatic N) is 1. The molecule has 4 aromatic rings. The second-order valence-corrected chi connectivity index (χ2v) is 9.60. The monoisotopic (exact) mass is 481 g/mol. The van der Waals surface area contributed by atoms with Crippen LogP contribution in [0.1, 0.15) is 18.1 Å². The molecule has 0 bridgehead atoms. The first-order chi connectivity index (χ1) is 14.4. The van der Waals surface area contributed by atoms with Crippen LogP contribution in [0.25, 0.3) is 22.1 Å². The molecule has 0 saturated carbocycles. The molecule has 0 radical (unpaired) electrons. The predicted octanol–water partition coefficient (Wildman–Crippen LogP) is 6.02. The van der Waals surface area contributed by atoms with E-state index in [2.05, 4.69) is 27.3 Å². The summed E-state index contributed by atoms with van der Waals surface area (Å²) < 4.78 is 36.8. The van der Waals surface area contributed by atoms with Crippen LogP contribution in [-0.2, 0) is 16.4 Å². The molecule has 0 amide bonds. The van der Waals surface area contributed by atoms with Gasteiger partial charge in [-0.3, -0.25) is 0 Å². The number of fused-ring (bicyclic) bond motifs is 1. The van der Waals surface area contributed by atoms with Crippen molar-refractivity contribution in [1.29, 1.82) is 0 Å². The molecule has 4 rings (SSSR count). The van der Waals surface area contributed by atoms with Gasteiger partial charge in [0.05, 0.1) is 4.90 Å². The molecule has 0 aliphatic carbocycles. The molecular formula is C24H20BrNO3S. The molecule has 0 aliphatic heterocycles. The van der Waals surface area contributed by atoms with Crippen molar-refractivity contribution in [3.05, 3.63) is 94.0 Å². The highest BCUT2D eigenvalue weighted by atomic mass is 79.9. The van der Waals surface area contributed by atoms with Crippen molar-refractivity contribution >= 4 is 36.9 Å². The third kappa shape index (κ3) is 4.25. The Labute approximate surface area is 184 Å². The molecule has 1 heterocycles. The van der Waals surface area contributed by atoms with Gasteiger partial charge in [0.25, 0.3) is 10.0 Å². The Hall–Kier alpha value is -2.70. The fourth-order valence-electron chi connectivity index (χ4n) is 3.16. The van der Waals surface area contributed by atoms with E-state index in [4.69, 9.17) is 4.42 Å². The smallest absolute Gasteiger partial charge is 0.285 e. The van der Waals surface area contributed by atoms with E-state index in [0.717, 1.165) is 27.4 Å². The van der Waals surface area contributed by atoms with E-state index in [1.807, 2.05) is 49.4 Å². The highest BCUT2D eigenvalue weighted by Crippen LogP contribution is 2.25. The summed E-state index contributed by atoms with van der Waals surface area (Å²) in [7, 11) is -3.93. The minimum Gasteiger partial charge on any atom is -0.437 e. The Morgan fingerprint density at radius 3 is 2.30 bits per heavy atom. The minimum atomic E-state index is -3.93. The molecular weight excluding hydrogens is 462 g/mol. The lowest BCUT2D eigenvalue weighted by Gasteiger charge is -2.07. The minimum absolute atomic E-state index is 0.0606. The lowest BCUT2D eigenvalue weighted by atomic mass is 10.0. The summed E-state index contributed by atoms with van der Waals surface area (Å²) in [6, 6.07) is 22.2. The van der Waals surface area contributed by atoms with Crippen LogP contribution >= 0.6 is 15.9 Å². The molecule has 0 saturated heterocycles. The third-order valence-corrected chi connectivity index (χ3v) is 6.67. The van der Waals surface area contributed by atoms with E-state index in [-0.39, 0.29) is 10.4 Å². The van der Waals surface area contributed by atoms with Gasteiger partial charge < -0.3 is 4.42 Å². The number of aryl methyl sites for hydroxylation is 2. The van der Waals surface area contributed by atoms with E-state index in [0.29, 0.717) is 11.1 Å². The first kappa shape index (κ1) is 20.6. The van der Waals surface area contributed by atoms with Gasteiger partial charge in [0.2, 0.25) is 5.55 Å².